The lowest BCUT2D eigenvalue weighted by Crippen LogP contribution is -2.10. The molecule has 0 radical (unpaired) electrons. The van der Waals surface area contributed by atoms with Crippen LogP contribution in [0, 0.1) is 6.92 Å². The van der Waals surface area contributed by atoms with Gasteiger partial charge in [0.25, 0.3) is 0 Å². The Morgan fingerprint density at radius 1 is 1.32 bits per heavy atom. The van der Waals surface area contributed by atoms with Crippen LogP contribution in [0.3, 0.4) is 0 Å². The molecular formula is C16H19N3O3. The van der Waals surface area contributed by atoms with Gasteiger partial charge in [0, 0.05) is 17.8 Å². The number of aromatic nitrogens is 2. The molecule has 6 nitrogen and oxygen atoms in total. The fourth-order valence-electron chi connectivity index (χ4n) is 1.99. The number of ether oxygens (including phenoxy) is 1. The summed E-state index contributed by atoms with van der Waals surface area (Å²) in [7, 11) is 0. The van der Waals surface area contributed by atoms with E-state index in [0.717, 1.165) is 22.7 Å². The van der Waals surface area contributed by atoms with Crippen LogP contribution in [0.15, 0.2) is 30.3 Å². The lowest BCUT2D eigenvalue weighted by Gasteiger charge is -2.09. The van der Waals surface area contributed by atoms with Gasteiger partial charge in [0.2, 0.25) is 5.95 Å². The number of benzene rings is 1. The van der Waals surface area contributed by atoms with E-state index in [1.807, 2.05) is 44.2 Å². The van der Waals surface area contributed by atoms with E-state index in [1.165, 1.54) is 0 Å². The number of nitrogens with one attached hydrogen (secondary N) is 1. The van der Waals surface area contributed by atoms with Gasteiger partial charge in [-0.15, -0.1) is 0 Å². The number of carboxylic acids is 1. The van der Waals surface area contributed by atoms with E-state index in [4.69, 9.17) is 9.84 Å². The summed E-state index contributed by atoms with van der Waals surface area (Å²) < 4.78 is 5.50. The zero-order valence-electron chi connectivity index (χ0n) is 12.7. The van der Waals surface area contributed by atoms with Crippen molar-refractivity contribution >= 4 is 11.9 Å². The van der Waals surface area contributed by atoms with Gasteiger partial charge >= 0.3 is 5.97 Å². The lowest BCUT2D eigenvalue weighted by molar-refractivity contribution is -0.136. The zero-order chi connectivity index (χ0) is 15.9. The molecule has 0 saturated carbocycles. The van der Waals surface area contributed by atoms with Gasteiger partial charge in [0.1, 0.15) is 5.75 Å². The molecule has 1 aromatic carbocycles. The van der Waals surface area contributed by atoms with Crippen LogP contribution in [-0.2, 0) is 4.79 Å². The normalized spacial score (nSPS) is 10.3. The number of hydrogen-bond acceptors (Lipinski definition) is 5. The summed E-state index contributed by atoms with van der Waals surface area (Å²) in [4.78, 5) is 19.2. The second-order valence-corrected chi connectivity index (χ2v) is 4.75. The van der Waals surface area contributed by atoms with Crippen LogP contribution in [0.5, 0.6) is 5.75 Å². The first kappa shape index (κ1) is 15.8. The van der Waals surface area contributed by atoms with E-state index >= 15 is 0 Å². The highest BCUT2D eigenvalue weighted by atomic mass is 16.5. The highest BCUT2D eigenvalue weighted by Gasteiger charge is 2.06. The number of anilines is 1. The summed E-state index contributed by atoms with van der Waals surface area (Å²) in [5, 5.41) is 11.6. The summed E-state index contributed by atoms with van der Waals surface area (Å²) in [5.74, 6) is 0.361. The Morgan fingerprint density at radius 2 is 2.14 bits per heavy atom. The van der Waals surface area contributed by atoms with Crippen LogP contribution in [-0.4, -0.2) is 34.2 Å². The van der Waals surface area contributed by atoms with Crippen molar-refractivity contribution in [3.05, 3.63) is 36.0 Å². The maximum absolute atomic E-state index is 10.5. The van der Waals surface area contributed by atoms with Crippen molar-refractivity contribution in [2.24, 2.45) is 0 Å². The third-order valence-corrected chi connectivity index (χ3v) is 2.92. The first-order valence-corrected chi connectivity index (χ1v) is 7.13. The van der Waals surface area contributed by atoms with E-state index in [-0.39, 0.29) is 13.0 Å². The van der Waals surface area contributed by atoms with Crippen LogP contribution in [0.4, 0.5) is 5.95 Å². The minimum absolute atomic E-state index is 0.0203. The molecule has 1 heterocycles. The SMILES string of the molecule is CCOc1cccc(-c2cc(C)nc(NCCC(=O)O)n2)c1. The second-order valence-electron chi connectivity index (χ2n) is 4.75. The van der Waals surface area contributed by atoms with E-state index in [2.05, 4.69) is 15.3 Å². The molecule has 2 N–H and O–H groups in total. The average Bonchev–Trinajstić information content (AvgIpc) is 2.47. The van der Waals surface area contributed by atoms with Gasteiger partial charge in [-0.25, -0.2) is 9.97 Å². The molecular weight excluding hydrogens is 282 g/mol. The smallest absolute Gasteiger partial charge is 0.305 e. The lowest BCUT2D eigenvalue weighted by atomic mass is 10.1. The Labute approximate surface area is 129 Å². The highest BCUT2D eigenvalue weighted by molar-refractivity contribution is 5.67. The quantitative estimate of drug-likeness (QED) is 0.818. The van der Waals surface area contributed by atoms with Crippen LogP contribution >= 0.6 is 0 Å². The number of carboxylic acid groups (broad SMARTS) is 1. The molecule has 0 unspecified atom stereocenters. The largest absolute Gasteiger partial charge is 0.494 e. The Bertz CT molecular complexity index is 659. The van der Waals surface area contributed by atoms with Crippen molar-refractivity contribution in [3.8, 4) is 17.0 Å². The summed E-state index contributed by atoms with van der Waals surface area (Å²) in [6.07, 6.45) is 0.0203. The minimum Gasteiger partial charge on any atom is -0.494 e. The van der Waals surface area contributed by atoms with Crippen molar-refractivity contribution < 1.29 is 14.6 Å². The molecule has 0 aliphatic carbocycles. The Balaban J connectivity index is 2.21. The van der Waals surface area contributed by atoms with Crippen molar-refractivity contribution in [1.29, 1.82) is 0 Å². The topological polar surface area (TPSA) is 84.3 Å². The van der Waals surface area contributed by atoms with E-state index < -0.39 is 5.97 Å². The molecule has 0 amide bonds. The molecule has 1 aromatic heterocycles. The van der Waals surface area contributed by atoms with E-state index in [0.29, 0.717) is 12.6 Å². The minimum atomic E-state index is -0.857. The fourth-order valence-corrected chi connectivity index (χ4v) is 1.99. The Morgan fingerprint density at radius 3 is 2.86 bits per heavy atom. The Hall–Kier alpha value is -2.63. The van der Waals surface area contributed by atoms with Crippen molar-refractivity contribution in [1.82, 2.24) is 9.97 Å². The van der Waals surface area contributed by atoms with Gasteiger partial charge in [-0.1, -0.05) is 12.1 Å². The number of nitrogens with zero attached hydrogens (tertiary/aromatic N) is 2. The van der Waals surface area contributed by atoms with Gasteiger partial charge in [-0.2, -0.15) is 0 Å². The molecule has 6 heteroatoms. The number of aliphatic carboxylic acids is 1. The summed E-state index contributed by atoms with van der Waals surface area (Å²) >= 11 is 0. The molecule has 0 aliphatic heterocycles. The van der Waals surface area contributed by atoms with Gasteiger partial charge in [0.15, 0.2) is 0 Å². The molecule has 0 fully saturated rings. The molecule has 0 spiro atoms. The molecule has 116 valence electrons. The van der Waals surface area contributed by atoms with Gasteiger partial charge in [-0.3, -0.25) is 4.79 Å². The Kier molecular flexibility index (Phi) is 5.30. The fraction of sp³-hybridized carbons (Fsp3) is 0.312. The number of rotatable bonds is 7. The average molecular weight is 301 g/mol. The highest BCUT2D eigenvalue weighted by Crippen LogP contribution is 2.23. The third-order valence-electron chi connectivity index (χ3n) is 2.92. The van der Waals surface area contributed by atoms with Gasteiger partial charge < -0.3 is 15.2 Å². The number of hydrogen-bond donors (Lipinski definition) is 2. The van der Waals surface area contributed by atoms with Crippen molar-refractivity contribution in [2.75, 3.05) is 18.5 Å². The molecule has 0 saturated heterocycles. The standard InChI is InChI=1S/C16H19N3O3/c1-3-22-13-6-4-5-12(10-13)14-9-11(2)18-16(19-14)17-8-7-15(20)21/h4-6,9-10H,3,7-8H2,1-2H3,(H,20,21)(H,17,18,19). The summed E-state index contributed by atoms with van der Waals surface area (Å²) in [6.45, 7) is 4.71. The van der Waals surface area contributed by atoms with Crippen molar-refractivity contribution in [3.63, 3.8) is 0 Å². The third kappa shape index (κ3) is 4.44. The molecule has 0 bridgehead atoms. The van der Waals surface area contributed by atoms with Gasteiger partial charge in [-0.05, 0) is 32.0 Å². The van der Waals surface area contributed by atoms with Gasteiger partial charge in [0.05, 0.1) is 18.7 Å². The van der Waals surface area contributed by atoms with Crippen molar-refractivity contribution in [2.45, 2.75) is 20.3 Å². The predicted octanol–water partition coefficient (Wildman–Crippen LogP) is 2.74. The van der Waals surface area contributed by atoms with Crippen LogP contribution in [0.1, 0.15) is 19.0 Å². The summed E-state index contributed by atoms with van der Waals surface area (Å²) in [6, 6.07) is 9.56. The van der Waals surface area contributed by atoms with Crippen LogP contribution < -0.4 is 10.1 Å². The maximum atomic E-state index is 10.5. The molecule has 2 aromatic rings. The monoisotopic (exact) mass is 301 g/mol. The predicted molar refractivity (Wildman–Crippen MR) is 84.1 cm³/mol. The maximum Gasteiger partial charge on any atom is 0.305 e. The number of carbonyl (C=O) groups is 1. The number of aryl methyl sites for hydroxylation is 1. The van der Waals surface area contributed by atoms with Crippen LogP contribution in [0.25, 0.3) is 11.3 Å². The van der Waals surface area contributed by atoms with Crippen LogP contribution in [0.2, 0.25) is 0 Å². The first-order chi connectivity index (χ1) is 10.6. The molecule has 0 aliphatic rings. The second kappa shape index (κ2) is 7.40. The van der Waals surface area contributed by atoms with E-state index in [9.17, 15) is 4.79 Å². The van der Waals surface area contributed by atoms with E-state index in [1.54, 1.807) is 0 Å². The summed E-state index contributed by atoms with van der Waals surface area (Å²) in [5.41, 5.74) is 2.51. The first-order valence-electron chi connectivity index (χ1n) is 7.13. The molecule has 2 rings (SSSR count). The molecule has 22 heavy (non-hydrogen) atoms. The zero-order valence-corrected chi connectivity index (χ0v) is 12.7. The molecule has 0 atom stereocenters.